The molecule has 2 rings (SSSR count). The van der Waals surface area contributed by atoms with Crippen LogP contribution in [0.2, 0.25) is 0 Å². The molecule has 0 aliphatic carbocycles. The van der Waals surface area contributed by atoms with Gasteiger partial charge in [-0.05, 0) is 5.56 Å². The van der Waals surface area contributed by atoms with Gasteiger partial charge in [-0.15, -0.1) is 0 Å². The fourth-order valence-electron chi connectivity index (χ4n) is 1.27. The number of rotatable bonds is 3. The standard InChI is InChI=1S/C10H11N3O/c11-10-8-13(12-14-10)7-6-9-4-2-1-3-5-9/h1-5,8,11H,6-7H2. The lowest BCUT2D eigenvalue weighted by atomic mass is 10.1. The van der Waals surface area contributed by atoms with Gasteiger partial charge in [-0.3, -0.25) is 10.7 Å². The highest BCUT2D eigenvalue weighted by Crippen LogP contribution is 1.98. The van der Waals surface area contributed by atoms with E-state index in [0.29, 0.717) is 0 Å². The van der Waals surface area contributed by atoms with Crippen molar-refractivity contribution >= 4 is 0 Å². The third-order valence-electron chi connectivity index (χ3n) is 1.98. The van der Waals surface area contributed by atoms with Gasteiger partial charge in [0.2, 0.25) is 6.20 Å². The summed E-state index contributed by atoms with van der Waals surface area (Å²) in [6.45, 7) is 0.742. The van der Waals surface area contributed by atoms with Crippen LogP contribution in [0, 0.1) is 5.41 Å². The number of hydrogen-bond acceptors (Lipinski definition) is 2. The number of hydrogen-bond donors (Lipinski definition) is 1. The Bertz CT molecular complexity index is 444. The molecule has 1 aromatic carbocycles. The number of nitrogens with one attached hydrogen (secondary N) is 1. The molecule has 0 saturated heterocycles. The van der Waals surface area contributed by atoms with Crippen molar-refractivity contribution in [2.24, 2.45) is 0 Å². The topological polar surface area (TPSA) is 55.0 Å². The molecule has 72 valence electrons. The molecule has 0 radical (unpaired) electrons. The van der Waals surface area contributed by atoms with Gasteiger partial charge in [0.1, 0.15) is 6.54 Å². The maximum atomic E-state index is 7.15. The van der Waals surface area contributed by atoms with Crippen molar-refractivity contribution in [1.29, 1.82) is 5.41 Å². The Balaban J connectivity index is 1.98. The van der Waals surface area contributed by atoms with Crippen molar-refractivity contribution < 1.29 is 9.20 Å². The number of aromatic nitrogens is 2. The SMILES string of the molecule is N=c1c[n+](CCc2ccccc2)[n-]o1. The molecule has 0 spiro atoms. The van der Waals surface area contributed by atoms with Gasteiger partial charge in [0.05, 0.1) is 0 Å². The Morgan fingerprint density at radius 2 is 2.07 bits per heavy atom. The maximum Gasteiger partial charge on any atom is 0.264 e. The fourth-order valence-corrected chi connectivity index (χ4v) is 1.27. The van der Waals surface area contributed by atoms with Gasteiger partial charge >= 0.3 is 0 Å². The van der Waals surface area contributed by atoms with Crippen LogP contribution in [0.25, 0.3) is 0 Å². The fraction of sp³-hybridized carbons (Fsp3) is 0.200. The van der Waals surface area contributed by atoms with Crippen LogP contribution in [0.4, 0.5) is 0 Å². The van der Waals surface area contributed by atoms with E-state index in [-0.39, 0.29) is 5.55 Å². The van der Waals surface area contributed by atoms with E-state index in [4.69, 9.17) is 5.41 Å². The minimum absolute atomic E-state index is 0.0954. The third kappa shape index (κ3) is 2.10. The average molecular weight is 189 g/mol. The molecular weight excluding hydrogens is 178 g/mol. The van der Waals surface area contributed by atoms with E-state index in [1.54, 1.807) is 10.9 Å². The molecule has 0 aliphatic heterocycles. The quantitative estimate of drug-likeness (QED) is 0.703. The summed E-state index contributed by atoms with van der Waals surface area (Å²) in [6, 6.07) is 10.2. The van der Waals surface area contributed by atoms with Gasteiger partial charge < -0.3 is 4.52 Å². The molecule has 0 saturated carbocycles. The Labute approximate surface area is 81.3 Å². The molecule has 0 amide bonds. The molecule has 0 fully saturated rings. The van der Waals surface area contributed by atoms with Crippen LogP contribution in [0.15, 0.2) is 41.1 Å². The average Bonchev–Trinajstić information content (AvgIpc) is 2.63. The highest BCUT2D eigenvalue weighted by atomic mass is 16.5. The van der Waals surface area contributed by atoms with Crippen LogP contribution in [0.3, 0.4) is 0 Å². The predicted molar refractivity (Wildman–Crippen MR) is 48.2 cm³/mol. The molecule has 1 N–H and O–H groups in total. The number of nitrogens with zero attached hydrogens (tertiary/aromatic N) is 2. The summed E-state index contributed by atoms with van der Waals surface area (Å²) >= 11 is 0. The molecular formula is C10H11N3O. The summed E-state index contributed by atoms with van der Waals surface area (Å²) in [7, 11) is 0. The predicted octanol–water partition coefficient (Wildman–Crippen LogP) is 0.246. The number of benzene rings is 1. The zero-order valence-electron chi connectivity index (χ0n) is 7.68. The Hall–Kier alpha value is -1.84. The van der Waals surface area contributed by atoms with E-state index in [1.165, 1.54) is 5.56 Å². The van der Waals surface area contributed by atoms with E-state index >= 15 is 0 Å². The molecule has 4 nitrogen and oxygen atoms in total. The highest BCUT2D eigenvalue weighted by Gasteiger charge is 1.97. The highest BCUT2D eigenvalue weighted by molar-refractivity contribution is 5.14. The molecule has 14 heavy (non-hydrogen) atoms. The zero-order valence-corrected chi connectivity index (χ0v) is 7.68. The van der Waals surface area contributed by atoms with Crippen LogP contribution in [-0.2, 0) is 13.0 Å². The first kappa shape index (κ1) is 8.74. The molecule has 1 heterocycles. The van der Waals surface area contributed by atoms with Gasteiger partial charge in [0, 0.05) is 6.42 Å². The van der Waals surface area contributed by atoms with Crippen molar-refractivity contribution in [1.82, 2.24) is 5.27 Å². The van der Waals surface area contributed by atoms with Crippen LogP contribution in [0.1, 0.15) is 5.56 Å². The molecule has 0 aliphatic rings. The second-order valence-electron chi connectivity index (χ2n) is 3.06. The van der Waals surface area contributed by atoms with Crippen molar-refractivity contribution in [3.63, 3.8) is 0 Å². The van der Waals surface area contributed by atoms with E-state index in [2.05, 4.69) is 21.9 Å². The second kappa shape index (κ2) is 3.91. The summed E-state index contributed by atoms with van der Waals surface area (Å²) in [5.41, 5.74) is 1.35. The molecule has 0 atom stereocenters. The Morgan fingerprint density at radius 1 is 1.29 bits per heavy atom. The van der Waals surface area contributed by atoms with E-state index in [9.17, 15) is 0 Å². The maximum absolute atomic E-state index is 7.15. The first-order chi connectivity index (χ1) is 6.84. The lowest BCUT2D eigenvalue weighted by molar-refractivity contribution is -0.767. The molecule has 0 unspecified atom stereocenters. The van der Waals surface area contributed by atoms with Gasteiger partial charge in [0.15, 0.2) is 0 Å². The van der Waals surface area contributed by atoms with Crippen molar-refractivity contribution in [3.05, 3.63) is 47.6 Å². The summed E-state index contributed by atoms with van der Waals surface area (Å²) in [4.78, 5) is 0. The van der Waals surface area contributed by atoms with Gasteiger partial charge in [-0.2, -0.15) is 0 Å². The lowest BCUT2D eigenvalue weighted by Gasteiger charge is -1.98. The van der Waals surface area contributed by atoms with Crippen molar-refractivity contribution in [2.45, 2.75) is 13.0 Å². The monoisotopic (exact) mass is 189 g/mol. The summed E-state index contributed by atoms with van der Waals surface area (Å²) in [6.07, 6.45) is 2.47. The molecule has 0 bridgehead atoms. The Kier molecular flexibility index (Phi) is 2.44. The number of aryl methyl sites for hydroxylation is 2. The largest absolute Gasteiger partial charge is 0.487 e. The zero-order chi connectivity index (χ0) is 9.80. The lowest BCUT2D eigenvalue weighted by Crippen LogP contribution is -2.38. The van der Waals surface area contributed by atoms with Gasteiger partial charge in [-0.25, -0.2) is 4.68 Å². The van der Waals surface area contributed by atoms with E-state index < -0.39 is 0 Å². The van der Waals surface area contributed by atoms with E-state index in [0.717, 1.165) is 13.0 Å². The van der Waals surface area contributed by atoms with Crippen LogP contribution in [0.5, 0.6) is 0 Å². The Morgan fingerprint density at radius 3 is 2.71 bits per heavy atom. The first-order valence-corrected chi connectivity index (χ1v) is 4.46. The van der Waals surface area contributed by atoms with Crippen LogP contribution in [-0.4, -0.2) is 0 Å². The minimum Gasteiger partial charge on any atom is -0.487 e. The first-order valence-electron chi connectivity index (χ1n) is 4.46. The molecule has 1 aromatic heterocycles. The van der Waals surface area contributed by atoms with Gasteiger partial charge in [-0.1, -0.05) is 30.3 Å². The normalized spacial score (nSPS) is 10.3. The van der Waals surface area contributed by atoms with Crippen LogP contribution >= 0.6 is 0 Å². The second-order valence-corrected chi connectivity index (χ2v) is 3.06. The summed E-state index contributed by atoms with van der Waals surface area (Å²) in [5, 5.41) is 10.8. The third-order valence-corrected chi connectivity index (χ3v) is 1.98. The van der Waals surface area contributed by atoms with Crippen molar-refractivity contribution in [3.8, 4) is 0 Å². The summed E-state index contributed by atoms with van der Waals surface area (Å²) < 4.78 is 6.27. The van der Waals surface area contributed by atoms with E-state index in [1.807, 2.05) is 18.2 Å². The molecule has 4 heteroatoms. The van der Waals surface area contributed by atoms with Crippen molar-refractivity contribution in [2.75, 3.05) is 0 Å². The minimum atomic E-state index is 0.0954. The van der Waals surface area contributed by atoms with Crippen LogP contribution < -0.4 is 15.5 Å². The smallest absolute Gasteiger partial charge is 0.264 e. The van der Waals surface area contributed by atoms with Gasteiger partial charge in [0.25, 0.3) is 5.55 Å². The summed E-state index contributed by atoms with van der Waals surface area (Å²) in [5.74, 6) is 0. The molecule has 2 aromatic rings.